The van der Waals surface area contributed by atoms with Crippen molar-refractivity contribution in [1.82, 2.24) is 0 Å². The molecule has 0 unspecified atom stereocenters. The number of ether oxygens (including phenoxy) is 2. The van der Waals surface area contributed by atoms with Crippen LogP contribution >= 0.6 is 0 Å². The third-order valence-corrected chi connectivity index (χ3v) is 5.63. The van der Waals surface area contributed by atoms with E-state index in [1.165, 1.54) is 0 Å². The summed E-state index contributed by atoms with van der Waals surface area (Å²) in [4.78, 5) is 0. The molecule has 12 nitrogen and oxygen atoms in total. The van der Waals surface area contributed by atoms with Crippen molar-refractivity contribution in [2.75, 3.05) is 23.8 Å². The van der Waals surface area contributed by atoms with E-state index in [-0.39, 0.29) is 0 Å². The van der Waals surface area contributed by atoms with Crippen LogP contribution in [0.25, 0.3) is 0 Å². The molecule has 0 aromatic heterocycles. The number of benzene rings is 1. The van der Waals surface area contributed by atoms with Gasteiger partial charge in [0.15, 0.2) is 12.5 Å². The van der Waals surface area contributed by atoms with Gasteiger partial charge < -0.3 is 61.0 Å². The highest BCUT2D eigenvalue weighted by molar-refractivity contribution is 5.61. The van der Waals surface area contributed by atoms with Gasteiger partial charge in [-0.2, -0.15) is 0 Å². The SMILES string of the molecule is Cc1ccc(N[C@@H]2O[C@H](CO)[C@H](O)[C@H](O)[C@@H]2O)cc1N[C@@H]1O[C@H](CO)[C@H](O)[C@@H](O)[C@H]1O. The quantitative estimate of drug-likeness (QED) is 0.206. The van der Waals surface area contributed by atoms with E-state index in [2.05, 4.69) is 10.6 Å². The topological polar surface area (TPSA) is 204 Å². The number of aliphatic hydroxyl groups excluding tert-OH is 8. The Balaban J connectivity index is 1.74. The van der Waals surface area contributed by atoms with Crippen molar-refractivity contribution in [3.63, 3.8) is 0 Å². The van der Waals surface area contributed by atoms with E-state index < -0.39 is 74.5 Å². The third-order valence-electron chi connectivity index (χ3n) is 5.63. The minimum atomic E-state index is -1.53. The van der Waals surface area contributed by atoms with Gasteiger partial charge in [-0.3, -0.25) is 0 Å². The molecule has 1 aromatic carbocycles. The summed E-state index contributed by atoms with van der Waals surface area (Å²) in [5, 5.41) is 84.5. The first-order chi connectivity index (χ1) is 14.7. The minimum Gasteiger partial charge on any atom is -0.394 e. The number of aryl methyl sites for hydroxylation is 1. The van der Waals surface area contributed by atoms with Crippen LogP contribution in [0.3, 0.4) is 0 Å². The molecule has 2 aliphatic rings. The van der Waals surface area contributed by atoms with E-state index in [9.17, 15) is 40.9 Å². The van der Waals surface area contributed by atoms with Gasteiger partial charge in [-0.15, -0.1) is 0 Å². The van der Waals surface area contributed by atoms with Gasteiger partial charge in [0.25, 0.3) is 0 Å². The molecule has 0 amide bonds. The van der Waals surface area contributed by atoms with Crippen molar-refractivity contribution in [2.45, 2.75) is 68.2 Å². The fourth-order valence-corrected chi connectivity index (χ4v) is 3.63. The van der Waals surface area contributed by atoms with Crippen LogP contribution in [-0.2, 0) is 9.47 Å². The Hall–Kier alpha value is -1.58. The maximum atomic E-state index is 10.2. The molecule has 12 heteroatoms. The number of hydrogen-bond donors (Lipinski definition) is 10. The van der Waals surface area contributed by atoms with E-state index in [0.717, 1.165) is 5.56 Å². The Kier molecular flexibility index (Phi) is 7.70. The average Bonchev–Trinajstić information content (AvgIpc) is 2.76. The van der Waals surface area contributed by atoms with Gasteiger partial charge in [-0.1, -0.05) is 6.07 Å². The van der Waals surface area contributed by atoms with Crippen molar-refractivity contribution in [1.29, 1.82) is 0 Å². The highest BCUT2D eigenvalue weighted by atomic mass is 16.6. The molecule has 10 atom stereocenters. The second kappa shape index (κ2) is 9.92. The van der Waals surface area contributed by atoms with Gasteiger partial charge in [0.1, 0.15) is 48.8 Å². The van der Waals surface area contributed by atoms with Crippen LogP contribution in [0.15, 0.2) is 18.2 Å². The second-order valence-corrected chi connectivity index (χ2v) is 7.82. The van der Waals surface area contributed by atoms with Gasteiger partial charge in [0.2, 0.25) is 0 Å². The van der Waals surface area contributed by atoms with Crippen molar-refractivity contribution in [3.05, 3.63) is 23.8 Å². The molecule has 0 radical (unpaired) electrons. The van der Waals surface area contributed by atoms with Crippen molar-refractivity contribution >= 4 is 11.4 Å². The summed E-state index contributed by atoms with van der Waals surface area (Å²) in [6.45, 7) is 0.658. The molecular weight excluding hydrogens is 416 g/mol. The Morgan fingerprint density at radius 2 is 1.19 bits per heavy atom. The van der Waals surface area contributed by atoms with Crippen LogP contribution in [0.4, 0.5) is 11.4 Å². The predicted octanol–water partition coefficient (Wildman–Crippen LogP) is -3.58. The van der Waals surface area contributed by atoms with Gasteiger partial charge in [0, 0.05) is 11.4 Å². The molecule has 176 valence electrons. The minimum absolute atomic E-state index is 0.432. The van der Waals surface area contributed by atoms with E-state index in [4.69, 9.17) is 9.47 Å². The van der Waals surface area contributed by atoms with Crippen molar-refractivity contribution in [3.8, 4) is 0 Å². The maximum absolute atomic E-state index is 10.2. The average molecular weight is 446 g/mol. The van der Waals surface area contributed by atoms with Crippen molar-refractivity contribution in [2.24, 2.45) is 0 Å². The second-order valence-electron chi connectivity index (χ2n) is 7.82. The standard InChI is InChI=1S/C19H30N2O10/c1-7-2-3-8(20-18-16(28)14(26)12(24)10(5-22)30-18)4-9(7)21-19-17(29)15(27)13(25)11(6-23)31-19/h2-4,10-29H,5-6H2,1H3/t10-,11-,12+,13+,14+,15-,16+,17-,18-,19-/m1/s1. The van der Waals surface area contributed by atoms with E-state index in [1.807, 2.05) is 0 Å². The zero-order chi connectivity index (χ0) is 22.9. The molecule has 1 aromatic rings. The first kappa shape index (κ1) is 24.1. The Labute approximate surface area is 178 Å². The molecule has 3 rings (SSSR count). The van der Waals surface area contributed by atoms with Gasteiger partial charge >= 0.3 is 0 Å². The van der Waals surface area contributed by atoms with Crippen LogP contribution in [-0.4, -0.2) is 115 Å². The zero-order valence-corrected chi connectivity index (χ0v) is 16.8. The van der Waals surface area contributed by atoms with Gasteiger partial charge in [-0.25, -0.2) is 0 Å². The third kappa shape index (κ3) is 4.93. The molecule has 0 saturated carbocycles. The van der Waals surface area contributed by atoms with E-state index in [0.29, 0.717) is 11.4 Å². The van der Waals surface area contributed by atoms with Crippen LogP contribution in [0.1, 0.15) is 5.56 Å². The summed E-state index contributed by atoms with van der Waals surface area (Å²) in [6.07, 6.45) is -13.3. The van der Waals surface area contributed by atoms with E-state index in [1.54, 1.807) is 25.1 Å². The zero-order valence-electron chi connectivity index (χ0n) is 16.8. The maximum Gasteiger partial charge on any atom is 0.157 e. The summed E-state index contributed by atoms with van der Waals surface area (Å²) in [5.41, 5.74) is 1.64. The van der Waals surface area contributed by atoms with E-state index >= 15 is 0 Å². The number of hydrogen-bond acceptors (Lipinski definition) is 12. The Bertz CT molecular complexity index is 736. The normalized spacial score (nSPS) is 41.1. The lowest BCUT2D eigenvalue weighted by atomic mass is 9.98. The van der Waals surface area contributed by atoms with Crippen LogP contribution in [0.5, 0.6) is 0 Å². The fraction of sp³-hybridized carbons (Fsp3) is 0.684. The summed E-state index contributed by atoms with van der Waals surface area (Å²) < 4.78 is 10.9. The largest absolute Gasteiger partial charge is 0.394 e. The molecule has 10 N–H and O–H groups in total. The van der Waals surface area contributed by atoms with Crippen LogP contribution in [0.2, 0.25) is 0 Å². The number of nitrogens with one attached hydrogen (secondary N) is 2. The number of aliphatic hydroxyl groups is 8. The summed E-state index contributed by atoms with van der Waals surface area (Å²) in [6, 6.07) is 4.96. The van der Waals surface area contributed by atoms with Crippen LogP contribution < -0.4 is 10.6 Å². The summed E-state index contributed by atoms with van der Waals surface area (Å²) in [7, 11) is 0. The first-order valence-electron chi connectivity index (χ1n) is 9.92. The van der Waals surface area contributed by atoms with Gasteiger partial charge in [-0.05, 0) is 24.6 Å². The lowest BCUT2D eigenvalue weighted by Gasteiger charge is -2.41. The molecule has 2 fully saturated rings. The number of rotatable bonds is 6. The molecule has 2 aliphatic heterocycles. The molecule has 31 heavy (non-hydrogen) atoms. The monoisotopic (exact) mass is 446 g/mol. The molecular formula is C19H30N2O10. The Morgan fingerprint density at radius 3 is 1.68 bits per heavy atom. The van der Waals surface area contributed by atoms with Crippen LogP contribution in [0, 0.1) is 6.92 Å². The van der Waals surface area contributed by atoms with Gasteiger partial charge in [0.05, 0.1) is 13.2 Å². The predicted molar refractivity (Wildman–Crippen MR) is 106 cm³/mol. The summed E-state index contributed by atoms with van der Waals surface area (Å²) >= 11 is 0. The highest BCUT2D eigenvalue weighted by Gasteiger charge is 2.44. The molecule has 0 bridgehead atoms. The number of anilines is 2. The highest BCUT2D eigenvalue weighted by Crippen LogP contribution is 2.28. The molecule has 2 saturated heterocycles. The van der Waals surface area contributed by atoms with Crippen molar-refractivity contribution < 1.29 is 50.3 Å². The lowest BCUT2D eigenvalue weighted by molar-refractivity contribution is -0.221. The summed E-state index contributed by atoms with van der Waals surface area (Å²) in [5.74, 6) is 0. The molecule has 0 aliphatic carbocycles. The lowest BCUT2D eigenvalue weighted by Crippen LogP contribution is -2.60. The fourth-order valence-electron chi connectivity index (χ4n) is 3.63. The molecule has 2 heterocycles. The molecule has 0 spiro atoms. The smallest absolute Gasteiger partial charge is 0.157 e. The first-order valence-corrected chi connectivity index (χ1v) is 9.92. The Morgan fingerprint density at radius 1 is 0.710 bits per heavy atom.